The smallest absolute Gasteiger partial charge is 0.210 e. The summed E-state index contributed by atoms with van der Waals surface area (Å²) in [7, 11) is -3.34. The van der Waals surface area contributed by atoms with Gasteiger partial charge in [-0.15, -0.1) is 0 Å². The summed E-state index contributed by atoms with van der Waals surface area (Å²) < 4.78 is 21.2. The van der Waals surface area contributed by atoms with Gasteiger partial charge >= 0.3 is 0 Å². The zero-order valence-corrected chi connectivity index (χ0v) is 9.62. The molecule has 6 heteroatoms. The maximum absolute atomic E-state index is 10.6. The lowest BCUT2D eigenvalue weighted by Crippen LogP contribution is -2.26. The topological polar surface area (TPSA) is 72.2 Å². The fourth-order valence-electron chi connectivity index (χ4n) is 1.01. The molecule has 1 aromatic heterocycles. The lowest BCUT2D eigenvalue weighted by atomic mass is 10.2. The number of thiophene rings is 1. The molecule has 0 spiro atoms. The van der Waals surface area contributed by atoms with Gasteiger partial charge in [-0.1, -0.05) is 0 Å². The van der Waals surface area contributed by atoms with E-state index in [0.29, 0.717) is 13.1 Å². The number of nitrogens with one attached hydrogen (secondary N) is 1. The molecule has 0 amide bonds. The first-order chi connectivity index (χ1) is 6.49. The van der Waals surface area contributed by atoms with Gasteiger partial charge in [0.05, 0.1) is 5.75 Å². The van der Waals surface area contributed by atoms with Crippen molar-refractivity contribution in [2.24, 2.45) is 5.14 Å². The lowest BCUT2D eigenvalue weighted by molar-refractivity contribution is 0.592. The van der Waals surface area contributed by atoms with Gasteiger partial charge in [0.2, 0.25) is 10.0 Å². The van der Waals surface area contributed by atoms with Crippen LogP contribution in [0.25, 0.3) is 0 Å². The van der Waals surface area contributed by atoms with Crippen LogP contribution in [0.15, 0.2) is 10.8 Å². The van der Waals surface area contributed by atoms with E-state index in [2.05, 4.69) is 16.1 Å². The standard InChI is InChI=1S/C8H14N2O2S2/c1-7-5-13-6-8(7)4-10-2-3-14(9,11)12/h5-6,10H,2-4H2,1H3,(H2,9,11,12). The molecule has 14 heavy (non-hydrogen) atoms. The molecule has 4 nitrogen and oxygen atoms in total. The van der Waals surface area contributed by atoms with E-state index in [9.17, 15) is 8.42 Å². The number of rotatable bonds is 5. The SMILES string of the molecule is Cc1cscc1CNCCS(N)(=O)=O. The Kier molecular flexibility index (Phi) is 4.06. The molecule has 0 fully saturated rings. The molecular weight excluding hydrogens is 220 g/mol. The van der Waals surface area contributed by atoms with Crippen LogP contribution in [0.2, 0.25) is 0 Å². The molecule has 3 N–H and O–H groups in total. The second kappa shape index (κ2) is 4.88. The van der Waals surface area contributed by atoms with E-state index in [4.69, 9.17) is 5.14 Å². The average molecular weight is 234 g/mol. The highest BCUT2D eigenvalue weighted by atomic mass is 32.2. The van der Waals surface area contributed by atoms with Gasteiger partial charge < -0.3 is 5.32 Å². The van der Waals surface area contributed by atoms with Gasteiger partial charge in [0.25, 0.3) is 0 Å². The third kappa shape index (κ3) is 4.19. The molecule has 0 bridgehead atoms. The number of nitrogens with two attached hydrogens (primary N) is 1. The van der Waals surface area contributed by atoms with Gasteiger partial charge in [0.15, 0.2) is 0 Å². The van der Waals surface area contributed by atoms with Crippen molar-refractivity contribution < 1.29 is 8.42 Å². The largest absolute Gasteiger partial charge is 0.312 e. The molecular formula is C8H14N2O2S2. The maximum atomic E-state index is 10.6. The van der Waals surface area contributed by atoms with Crippen molar-refractivity contribution in [3.8, 4) is 0 Å². The summed E-state index contributed by atoms with van der Waals surface area (Å²) in [6.07, 6.45) is 0. The Balaban J connectivity index is 2.26. The summed E-state index contributed by atoms with van der Waals surface area (Å²) >= 11 is 1.65. The predicted octanol–water partition coefficient (Wildman–Crippen LogP) is 0.435. The first-order valence-corrected chi connectivity index (χ1v) is 6.88. The molecule has 0 saturated heterocycles. The molecule has 80 valence electrons. The normalized spacial score (nSPS) is 11.9. The summed E-state index contributed by atoms with van der Waals surface area (Å²) in [5.74, 6) is -0.0177. The zero-order chi connectivity index (χ0) is 10.6. The third-order valence-corrected chi connectivity index (χ3v) is 3.52. The molecule has 0 unspecified atom stereocenters. The average Bonchev–Trinajstić information content (AvgIpc) is 2.44. The van der Waals surface area contributed by atoms with E-state index < -0.39 is 10.0 Å². The summed E-state index contributed by atoms with van der Waals surface area (Å²) in [5.41, 5.74) is 2.45. The minimum absolute atomic E-state index is 0.0177. The van der Waals surface area contributed by atoms with Crippen molar-refractivity contribution in [1.82, 2.24) is 5.32 Å². The highest BCUT2D eigenvalue weighted by molar-refractivity contribution is 7.89. The Hall–Kier alpha value is -0.430. The van der Waals surface area contributed by atoms with E-state index in [1.54, 1.807) is 11.3 Å². The van der Waals surface area contributed by atoms with Gasteiger partial charge in [-0.2, -0.15) is 11.3 Å². The molecule has 0 aliphatic heterocycles. The van der Waals surface area contributed by atoms with Crippen molar-refractivity contribution in [3.05, 3.63) is 21.9 Å². The van der Waals surface area contributed by atoms with Gasteiger partial charge in [-0.3, -0.25) is 0 Å². The minimum atomic E-state index is -3.34. The maximum Gasteiger partial charge on any atom is 0.210 e. The van der Waals surface area contributed by atoms with Gasteiger partial charge in [0.1, 0.15) is 0 Å². The molecule has 0 aliphatic carbocycles. The van der Waals surface area contributed by atoms with E-state index in [-0.39, 0.29) is 5.75 Å². The quantitative estimate of drug-likeness (QED) is 0.726. The van der Waals surface area contributed by atoms with Crippen molar-refractivity contribution in [3.63, 3.8) is 0 Å². The van der Waals surface area contributed by atoms with Crippen LogP contribution in [0, 0.1) is 6.92 Å². The van der Waals surface area contributed by atoms with Crippen LogP contribution in [0.5, 0.6) is 0 Å². The first-order valence-electron chi connectivity index (χ1n) is 4.22. The molecule has 0 aromatic carbocycles. The minimum Gasteiger partial charge on any atom is -0.312 e. The van der Waals surface area contributed by atoms with Crippen LogP contribution >= 0.6 is 11.3 Å². The third-order valence-electron chi connectivity index (χ3n) is 1.84. The highest BCUT2D eigenvalue weighted by Gasteiger charge is 2.02. The Morgan fingerprint density at radius 2 is 2.21 bits per heavy atom. The van der Waals surface area contributed by atoms with Crippen LogP contribution in [0.1, 0.15) is 11.1 Å². The van der Waals surface area contributed by atoms with Gasteiger partial charge in [-0.05, 0) is 28.8 Å². The summed E-state index contributed by atoms with van der Waals surface area (Å²) in [4.78, 5) is 0. The summed E-state index contributed by atoms with van der Waals surface area (Å²) in [5, 5.41) is 12.0. The van der Waals surface area contributed by atoms with Crippen LogP contribution in [0.3, 0.4) is 0 Å². The van der Waals surface area contributed by atoms with Crippen molar-refractivity contribution >= 4 is 21.4 Å². The Morgan fingerprint density at radius 3 is 2.71 bits per heavy atom. The van der Waals surface area contributed by atoms with Crippen molar-refractivity contribution in [2.75, 3.05) is 12.3 Å². The summed E-state index contributed by atoms with van der Waals surface area (Å²) in [6.45, 7) is 3.13. The van der Waals surface area contributed by atoms with Gasteiger partial charge in [-0.25, -0.2) is 13.6 Å². The Morgan fingerprint density at radius 1 is 1.50 bits per heavy atom. The number of hydrogen-bond acceptors (Lipinski definition) is 4. The molecule has 1 rings (SSSR count). The number of aryl methyl sites for hydroxylation is 1. The molecule has 0 atom stereocenters. The Bertz CT molecular complexity index is 384. The number of primary sulfonamides is 1. The van der Waals surface area contributed by atoms with Crippen LogP contribution in [-0.4, -0.2) is 20.7 Å². The van der Waals surface area contributed by atoms with Crippen molar-refractivity contribution in [2.45, 2.75) is 13.5 Å². The molecule has 0 aliphatic rings. The zero-order valence-electron chi connectivity index (χ0n) is 7.99. The molecule has 0 radical (unpaired) electrons. The van der Waals surface area contributed by atoms with E-state index in [0.717, 1.165) is 0 Å². The summed E-state index contributed by atoms with van der Waals surface area (Å²) in [6, 6.07) is 0. The predicted molar refractivity (Wildman–Crippen MR) is 58.7 cm³/mol. The van der Waals surface area contributed by atoms with Gasteiger partial charge in [0, 0.05) is 13.1 Å². The fourth-order valence-corrected chi connectivity index (χ4v) is 2.29. The fraction of sp³-hybridized carbons (Fsp3) is 0.500. The van der Waals surface area contributed by atoms with Crippen LogP contribution in [-0.2, 0) is 16.6 Å². The van der Waals surface area contributed by atoms with E-state index in [1.165, 1.54) is 11.1 Å². The number of sulfonamides is 1. The second-order valence-electron chi connectivity index (χ2n) is 3.12. The van der Waals surface area contributed by atoms with Crippen molar-refractivity contribution in [1.29, 1.82) is 0 Å². The monoisotopic (exact) mass is 234 g/mol. The first kappa shape index (κ1) is 11.6. The van der Waals surface area contributed by atoms with E-state index >= 15 is 0 Å². The highest BCUT2D eigenvalue weighted by Crippen LogP contribution is 2.12. The van der Waals surface area contributed by atoms with E-state index in [1.807, 2.05) is 6.92 Å². The second-order valence-corrected chi connectivity index (χ2v) is 5.60. The molecule has 1 aromatic rings. The molecule has 0 saturated carbocycles. The Labute approximate surface area is 88.2 Å². The molecule has 1 heterocycles. The van der Waals surface area contributed by atoms with Crippen LogP contribution < -0.4 is 10.5 Å². The lowest BCUT2D eigenvalue weighted by Gasteiger charge is -2.02. The number of hydrogen-bond donors (Lipinski definition) is 2. The van der Waals surface area contributed by atoms with Crippen LogP contribution in [0.4, 0.5) is 0 Å².